The maximum absolute atomic E-state index is 13.1. The Hall–Kier alpha value is -2.17. The number of β-amino-alcohol motifs (C(OH)–C–C–N with tert-alkyl or cyclic N) is 1. The van der Waals surface area contributed by atoms with E-state index in [2.05, 4.69) is 15.8 Å². The molecule has 0 aromatic carbocycles. The largest absolute Gasteiger partial charge is 0.389 e. The lowest BCUT2D eigenvalue weighted by atomic mass is 9.95. The number of fused-ring (bicyclic) bond motifs is 1. The lowest BCUT2D eigenvalue weighted by molar-refractivity contribution is -0.149. The maximum atomic E-state index is 13.1. The van der Waals surface area contributed by atoms with Gasteiger partial charge < -0.3 is 34.6 Å². The summed E-state index contributed by atoms with van der Waals surface area (Å²) in [5.74, 6) is 0.469. The summed E-state index contributed by atoms with van der Waals surface area (Å²) in [6, 6.07) is -0.614. The van der Waals surface area contributed by atoms with Crippen LogP contribution in [-0.4, -0.2) is 77.8 Å². The van der Waals surface area contributed by atoms with Gasteiger partial charge in [0.25, 0.3) is 0 Å². The molecule has 2 aliphatic rings. The summed E-state index contributed by atoms with van der Waals surface area (Å²) < 4.78 is 16.8. The monoisotopic (exact) mass is 410 g/mol. The van der Waals surface area contributed by atoms with Gasteiger partial charge in [-0.3, -0.25) is 4.79 Å². The molecule has 162 valence electrons. The van der Waals surface area contributed by atoms with Crippen LogP contribution in [0.5, 0.6) is 0 Å². The van der Waals surface area contributed by atoms with E-state index in [1.807, 2.05) is 6.92 Å². The molecular formula is C19H30N4O6. The smallest absolute Gasteiger partial charge is 0.322 e. The predicted molar refractivity (Wildman–Crippen MR) is 104 cm³/mol. The average Bonchev–Trinajstić information content (AvgIpc) is 2.97. The zero-order valence-corrected chi connectivity index (χ0v) is 17.1. The van der Waals surface area contributed by atoms with Crippen molar-refractivity contribution < 1.29 is 28.7 Å². The first-order chi connectivity index (χ1) is 13.9. The van der Waals surface area contributed by atoms with E-state index in [1.165, 1.54) is 0 Å². The van der Waals surface area contributed by atoms with Crippen LogP contribution in [0.4, 0.5) is 10.5 Å². The van der Waals surface area contributed by atoms with Crippen molar-refractivity contribution in [1.29, 1.82) is 0 Å². The molecule has 2 aliphatic heterocycles. The second-order valence-electron chi connectivity index (χ2n) is 7.57. The van der Waals surface area contributed by atoms with E-state index in [0.29, 0.717) is 36.5 Å². The molecule has 0 spiro atoms. The van der Waals surface area contributed by atoms with E-state index in [9.17, 15) is 14.7 Å². The highest BCUT2D eigenvalue weighted by atomic mass is 16.5. The van der Waals surface area contributed by atoms with Crippen LogP contribution in [-0.2, 0) is 14.3 Å². The van der Waals surface area contributed by atoms with Gasteiger partial charge in [-0.1, -0.05) is 5.16 Å². The van der Waals surface area contributed by atoms with Gasteiger partial charge in [0.15, 0.2) is 5.76 Å². The normalized spacial score (nSPS) is 27.5. The number of anilines is 1. The summed E-state index contributed by atoms with van der Waals surface area (Å²) in [6.07, 6.45) is 0.197. The standard InChI is InChI=1S/C19H30N4O6/c1-4-20-17(25)7-14-5-6-15-16(28-14)10-27-9-13(24)8-23(15)19(26)21-18-11(2)22-29-12(18)3/h13-16,24H,4-10H2,1-3H3,(H,20,25)(H,21,26)/t13-,14-,15+,16-/m1/s1. The van der Waals surface area contributed by atoms with Crippen LogP contribution >= 0.6 is 0 Å². The molecule has 4 atom stereocenters. The van der Waals surface area contributed by atoms with Crippen molar-refractivity contribution in [3.8, 4) is 0 Å². The fourth-order valence-corrected chi connectivity index (χ4v) is 3.89. The number of aliphatic hydroxyl groups excluding tert-OH is 1. The molecular weight excluding hydrogens is 380 g/mol. The zero-order chi connectivity index (χ0) is 21.0. The molecule has 0 aliphatic carbocycles. The SMILES string of the molecule is CCNC(=O)C[C@H]1CC[C@H]2[C@@H](COC[C@H](O)CN2C(=O)Nc2c(C)noc2C)O1. The number of aromatic nitrogens is 1. The third kappa shape index (κ3) is 5.26. The van der Waals surface area contributed by atoms with Crippen molar-refractivity contribution in [2.24, 2.45) is 0 Å². The maximum Gasteiger partial charge on any atom is 0.322 e. The number of nitrogens with zero attached hydrogens (tertiary/aromatic N) is 2. The van der Waals surface area contributed by atoms with Crippen LogP contribution in [0.15, 0.2) is 4.52 Å². The highest BCUT2D eigenvalue weighted by molar-refractivity contribution is 5.90. The number of amides is 3. The van der Waals surface area contributed by atoms with Crippen LogP contribution < -0.4 is 10.6 Å². The molecule has 3 rings (SSSR count). The Morgan fingerprint density at radius 2 is 2.07 bits per heavy atom. The molecule has 0 saturated carbocycles. The first-order valence-electron chi connectivity index (χ1n) is 10.1. The highest BCUT2D eigenvalue weighted by Crippen LogP contribution is 2.29. The van der Waals surface area contributed by atoms with Gasteiger partial charge in [0.1, 0.15) is 17.5 Å². The fraction of sp³-hybridized carbons (Fsp3) is 0.737. The molecule has 2 fully saturated rings. The van der Waals surface area contributed by atoms with E-state index in [-0.39, 0.29) is 56.4 Å². The molecule has 1 aromatic heterocycles. The average molecular weight is 410 g/mol. The molecule has 3 heterocycles. The van der Waals surface area contributed by atoms with Gasteiger partial charge in [0.2, 0.25) is 5.91 Å². The van der Waals surface area contributed by atoms with Gasteiger partial charge in [-0.05, 0) is 33.6 Å². The van der Waals surface area contributed by atoms with E-state index in [1.54, 1.807) is 18.7 Å². The molecule has 0 radical (unpaired) electrons. The summed E-state index contributed by atoms with van der Waals surface area (Å²) in [7, 11) is 0. The van der Waals surface area contributed by atoms with Crippen molar-refractivity contribution in [2.45, 2.75) is 64.4 Å². The summed E-state index contributed by atoms with van der Waals surface area (Å²) >= 11 is 0. The molecule has 10 nitrogen and oxygen atoms in total. The van der Waals surface area contributed by atoms with E-state index in [4.69, 9.17) is 14.0 Å². The Balaban J connectivity index is 1.72. The van der Waals surface area contributed by atoms with E-state index < -0.39 is 6.10 Å². The number of ether oxygens (including phenoxy) is 2. The molecule has 10 heteroatoms. The number of aliphatic hydroxyl groups is 1. The molecule has 3 amide bonds. The Labute approximate surface area is 169 Å². The fourth-order valence-electron chi connectivity index (χ4n) is 3.89. The molecule has 0 bridgehead atoms. The Bertz CT molecular complexity index is 704. The van der Waals surface area contributed by atoms with Gasteiger partial charge in [-0.25, -0.2) is 4.79 Å². The summed E-state index contributed by atoms with van der Waals surface area (Å²) in [6.45, 7) is 6.42. The lowest BCUT2D eigenvalue weighted by Crippen LogP contribution is -2.58. The molecule has 3 N–H and O–H groups in total. The highest BCUT2D eigenvalue weighted by Gasteiger charge is 2.40. The van der Waals surface area contributed by atoms with Crippen LogP contribution in [0.1, 0.15) is 37.6 Å². The topological polar surface area (TPSA) is 126 Å². The third-order valence-corrected chi connectivity index (χ3v) is 5.29. The second-order valence-corrected chi connectivity index (χ2v) is 7.57. The van der Waals surface area contributed by atoms with Gasteiger partial charge in [0, 0.05) is 6.54 Å². The number of hydrogen-bond donors (Lipinski definition) is 3. The van der Waals surface area contributed by atoms with Gasteiger partial charge in [-0.15, -0.1) is 0 Å². The van der Waals surface area contributed by atoms with E-state index >= 15 is 0 Å². The van der Waals surface area contributed by atoms with Crippen LogP contribution in [0.2, 0.25) is 0 Å². The van der Waals surface area contributed by atoms with Gasteiger partial charge in [0.05, 0.1) is 44.4 Å². The van der Waals surface area contributed by atoms with Crippen LogP contribution in [0, 0.1) is 13.8 Å². The van der Waals surface area contributed by atoms with Crippen LogP contribution in [0.25, 0.3) is 0 Å². The minimum absolute atomic E-state index is 0.0499. The summed E-state index contributed by atoms with van der Waals surface area (Å²) in [5, 5.41) is 19.7. The number of urea groups is 1. The summed E-state index contributed by atoms with van der Waals surface area (Å²) in [5.41, 5.74) is 1.12. The van der Waals surface area contributed by atoms with Crippen molar-refractivity contribution in [1.82, 2.24) is 15.4 Å². The number of hydrogen-bond acceptors (Lipinski definition) is 7. The van der Waals surface area contributed by atoms with Crippen molar-refractivity contribution in [3.05, 3.63) is 11.5 Å². The Kier molecular flexibility index (Phi) is 7.09. The zero-order valence-electron chi connectivity index (χ0n) is 17.1. The van der Waals surface area contributed by atoms with Gasteiger partial charge >= 0.3 is 6.03 Å². The van der Waals surface area contributed by atoms with Crippen molar-refractivity contribution in [2.75, 3.05) is 31.6 Å². The Morgan fingerprint density at radius 3 is 2.76 bits per heavy atom. The first-order valence-corrected chi connectivity index (χ1v) is 10.1. The quantitative estimate of drug-likeness (QED) is 0.675. The molecule has 29 heavy (non-hydrogen) atoms. The predicted octanol–water partition coefficient (Wildman–Crippen LogP) is 0.959. The molecule has 0 unspecified atom stereocenters. The van der Waals surface area contributed by atoms with Crippen molar-refractivity contribution >= 4 is 17.6 Å². The summed E-state index contributed by atoms with van der Waals surface area (Å²) in [4.78, 5) is 26.6. The van der Waals surface area contributed by atoms with E-state index in [0.717, 1.165) is 0 Å². The third-order valence-electron chi connectivity index (χ3n) is 5.29. The van der Waals surface area contributed by atoms with Crippen molar-refractivity contribution in [3.63, 3.8) is 0 Å². The molecule has 2 saturated heterocycles. The number of carbonyl (C=O) groups excluding carboxylic acids is 2. The second kappa shape index (κ2) is 9.55. The minimum Gasteiger partial charge on any atom is -0.389 e. The minimum atomic E-state index is -0.792. The van der Waals surface area contributed by atoms with Gasteiger partial charge in [-0.2, -0.15) is 0 Å². The number of aryl methyl sites for hydroxylation is 2. The number of rotatable bonds is 4. The van der Waals surface area contributed by atoms with Crippen LogP contribution in [0.3, 0.4) is 0 Å². The number of nitrogens with one attached hydrogen (secondary N) is 2. The lowest BCUT2D eigenvalue weighted by Gasteiger charge is -2.44. The molecule has 1 aromatic rings. The number of carbonyl (C=O) groups is 2. The first kappa shape index (κ1) is 21.5. The Morgan fingerprint density at radius 1 is 1.28 bits per heavy atom.